The fourth-order valence-corrected chi connectivity index (χ4v) is 2.05. The molecule has 0 saturated carbocycles. The Morgan fingerprint density at radius 3 is 2.84 bits per heavy atom. The zero-order valence-corrected chi connectivity index (χ0v) is 11.3. The number of hydrogen-bond acceptors (Lipinski definition) is 6. The molecule has 0 unspecified atom stereocenters. The highest BCUT2D eigenvalue weighted by molar-refractivity contribution is 5.85. The topological polar surface area (TPSA) is 73.3 Å². The zero-order chi connectivity index (χ0) is 13.7. The Kier molecular flexibility index (Phi) is 4.68. The number of carbonyl (C=O) groups is 1. The molecule has 6 nitrogen and oxygen atoms in total. The van der Waals surface area contributed by atoms with Crippen molar-refractivity contribution in [2.45, 2.75) is 19.8 Å². The van der Waals surface area contributed by atoms with Crippen molar-refractivity contribution in [2.24, 2.45) is 5.92 Å². The second kappa shape index (κ2) is 6.47. The van der Waals surface area contributed by atoms with Gasteiger partial charge in [-0.05, 0) is 38.8 Å². The predicted octanol–water partition coefficient (Wildman–Crippen LogP) is 0.950. The fourth-order valence-electron chi connectivity index (χ4n) is 2.05. The molecule has 0 atom stereocenters. The van der Waals surface area contributed by atoms with Gasteiger partial charge in [-0.25, -0.2) is 9.78 Å². The lowest BCUT2D eigenvalue weighted by molar-refractivity contribution is 0.0584. The average Bonchev–Trinajstić information content (AvgIpc) is 2.45. The Bertz CT molecular complexity index is 445. The molecule has 0 aromatic carbocycles. The number of carbonyl (C=O) groups excluding carboxylic acids is 1. The molecule has 1 aliphatic rings. The van der Waals surface area contributed by atoms with Gasteiger partial charge in [-0.3, -0.25) is 0 Å². The number of ether oxygens (including phenoxy) is 2. The third-order valence-corrected chi connectivity index (χ3v) is 3.12. The highest BCUT2D eigenvalue weighted by Gasteiger charge is 2.16. The summed E-state index contributed by atoms with van der Waals surface area (Å²) in [4.78, 5) is 19.5. The molecule has 0 bridgehead atoms. The first-order chi connectivity index (χ1) is 9.19. The predicted molar refractivity (Wildman–Crippen MR) is 69.2 cm³/mol. The number of rotatable bonds is 4. The van der Waals surface area contributed by atoms with E-state index in [0.717, 1.165) is 25.9 Å². The van der Waals surface area contributed by atoms with E-state index in [1.165, 1.54) is 7.11 Å². The van der Waals surface area contributed by atoms with Crippen LogP contribution in [0.15, 0.2) is 6.07 Å². The normalized spacial score (nSPS) is 16.1. The standard InChI is InChI=1S/C13H19N3O3/c1-9-7-11(16-12(15-9)13(17)18-2)19-8-10-3-5-14-6-4-10/h7,10,14H,3-6,8H2,1-2H3. The lowest BCUT2D eigenvalue weighted by Gasteiger charge is -2.22. The minimum atomic E-state index is -0.546. The maximum absolute atomic E-state index is 11.4. The van der Waals surface area contributed by atoms with Crippen LogP contribution in [0.3, 0.4) is 0 Å². The zero-order valence-electron chi connectivity index (χ0n) is 11.3. The van der Waals surface area contributed by atoms with E-state index in [1.807, 2.05) is 0 Å². The Labute approximate surface area is 112 Å². The Balaban J connectivity index is 1.99. The van der Waals surface area contributed by atoms with Crippen molar-refractivity contribution in [3.63, 3.8) is 0 Å². The number of aromatic nitrogens is 2. The van der Waals surface area contributed by atoms with Crippen molar-refractivity contribution in [1.82, 2.24) is 15.3 Å². The Hall–Kier alpha value is -1.69. The van der Waals surface area contributed by atoms with Crippen LogP contribution in [0.1, 0.15) is 29.2 Å². The number of aryl methyl sites for hydroxylation is 1. The van der Waals surface area contributed by atoms with E-state index < -0.39 is 5.97 Å². The quantitative estimate of drug-likeness (QED) is 0.817. The van der Waals surface area contributed by atoms with Crippen molar-refractivity contribution in [2.75, 3.05) is 26.8 Å². The van der Waals surface area contributed by atoms with Gasteiger partial charge < -0.3 is 14.8 Å². The highest BCUT2D eigenvalue weighted by Crippen LogP contribution is 2.15. The molecule has 1 fully saturated rings. The highest BCUT2D eigenvalue weighted by atomic mass is 16.5. The molecule has 0 radical (unpaired) electrons. The van der Waals surface area contributed by atoms with Gasteiger partial charge in [0.05, 0.1) is 13.7 Å². The van der Waals surface area contributed by atoms with E-state index in [-0.39, 0.29) is 5.82 Å². The average molecular weight is 265 g/mol. The van der Waals surface area contributed by atoms with Gasteiger partial charge in [0.15, 0.2) is 0 Å². The summed E-state index contributed by atoms with van der Waals surface area (Å²) in [5, 5.41) is 3.31. The smallest absolute Gasteiger partial charge is 0.376 e. The van der Waals surface area contributed by atoms with Gasteiger partial charge in [-0.2, -0.15) is 4.98 Å². The maximum Gasteiger partial charge on any atom is 0.376 e. The molecule has 2 rings (SSSR count). The van der Waals surface area contributed by atoms with Gasteiger partial charge in [0.25, 0.3) is 0 Å². The summed E-state index contributed by atoms with van der Waals surface area (Å²) in [6, 6.07) is 1.73. The summed E-state index contributed by atoms with van der Waals surface area (Å²) < 4.78 is 10.3. The summed E-state index contributed by atoms with van der Waals surface area (Å²) >= 11 is 0. The Morgan fingerprint density at radius 1 is 1.42 bits per heavy atom. The summed E-state index contributed by atoms with van der Waals surface area (Å²) in [5.41, 5.74) is 0.690. The number of piperidine rings is 1. The van der Waals surface area contributed by atoms with Crippen LogP contribution in [0.4, 0.5) is 0 Å². The van der Waals surface area contributed by atoms with Crippen molar-refractivity contribution >= 4 is 5.97 Å². The fraction of sp³-hybridized carbons (Fsp3) is 0.615. The van der Waals surface area contributed by atoms with E-state index >= 15 is 0 Å². The SMILES string of the molecule is COC(=O)c1nc(C)cc(OCC2CCNCC2)n1. The van der Waals surface area contributed by atoms with Gasteiger partial charge in [-0.1, -0.05) is 0 Å². The van der Waals surface area contributed by atoms with Crippen LogP contribution in [0.5, 0.6) is 5.88 Å². The lowest BCUT2D eigenvalue weighted by atomic mass is 9.99. The number of hydrogen-bond donors (Lipinski definition) is 1. The third-order valence-electron chi connectivity index (χ3n) is 3.12. The monoisotopic (exact) mass is 265 g/mol. The largest absolute Gasteiger partial charge is 0.477 e. The van der Waals surface area contributed by atoms with Crippen LogP contribution < -0.4 is 10.1 Å². The molecule has 104 valence electrons. The van der Waals surface area contributed by atoms with E-state index in [0.29, 0.717) is 24.1 Å². The molecule has 0 amide bonds. The van der Waals surface area contributed by atoms with Crippen LogP contribution in [-0.4, -0.2) is 42.7 Å². The molecule has 0 spiro atoms. The first-order valence-electron chi connectivity index (χ1n) is 6.46. The van der Waals surface area contributed by atoms with Crippen molar-refractivity contribution in [3.8, 4) is 5.88 Å². The van der Waals surface area contributed by atoms with Crippen LogP contribution >= 0.6 is 0 Å². The van der Waals surface area contributed by atoms with Crippen LogP contribution in [-0.2, 0) is 4.74 Å². The molecule has 1 saturated heterocycles. The molecular formula is C13H19N3O3. The van der Waals surface area contributed by atoms with Crippen LogP contribution in [0, 0.1) is 12.8 Å². The molecule has 2 heterocycles. The maximum atomic E-state index is 11.4. The first kappa shape index (κ1) is 13.7. The van der Waals surface area contributed by atoms with Crippen LogP contribution in [0.2, 0.25) is 0 Å². The Morgan fingerprint density at radius 2 is 2.16 bits per heavy atom. The molecule has 0 aliphatic carbocycles. The summed E-state index contributed by atoms with van der Waals surface area (Å²) in [6.45, 7) is 4.48. The second-order valence-corrected chi connectivity index (χ2v) is 4.67. The molecule has 19 heavy (non-hydrogen) atoms. The summed E-state index contributed by atoms with van der Waals surface area (Å²) in [7, 11) is 1.31. The number of nitrogens with zero attached hydrogens (tertiary/aromatic N) is 2. The first-order valence-corrected chi connectivity index (χ1v) is 6.46. The van der Waals surface area contributed by atoms with E-state index in [2.05, 4.69) is 20.0 Å². The minimum Gasteiger partial charge on any atom is -0.477 e. The van der Waals surface area contributed by atoms with Crippen LogP contribution in [0.25, 0.3) is 0 Å². The van der Waals surface area contributed by atoms with Gasteiger partial charge >= 0.3 is 5.97 Å². The minimum absolute atomic E-state index is 0.0443. The molecular weight excluding hydrogens is 246 g/mol. The van der Waals surface area contributed by atoms with E-state index in [9.17, 15) is 4.79 Å². The lowest BCUT2D eigenvalue weighted by Crippen LogP contribution is -2.30. The van der Waals surface area contributed by atoms with Crippen molar-refractivity contribution in [3.05, 3.63) is 17.6 Å². The molecule has 6 heteroatoms. The summed E-state index contributed by atoms with van der Waals surface area (Å²) in [5.74, 6) is 0.475. The third kappa shape index (κ3) is 3.89. The number of esters is 1. The van der Waals surface area contributed by atoms with Gasteiger partial charge in [-0.15, -0.1) is 0 Å². The van der Waals surface area contributed by atoms with Gasteiger partial charge in [0, 0.05) is 11.8 Å². The van der Waals surface area contributed by atoms with Crippen molar-refractivity contribution in [1.29, 1.82) is 0 Å². The molecule has 1 N–H and O–H groups in total. The van der Waals surface area contributed by atoms with E-state index in [4.69, 9.17) is 4.74 Å². The molecule has 1 aliphatic heterocycles. The van der Waals surface area contributed by atoms with Gasteiger partial charge in [0.2, 0.25) is 11.7 Å². The number of nitrogens with one attached hydrogen (secondary N) is 1. The van der Waals surface area contributed by atoms with Crippen molar-refractivity contribution < 1.29 is 14.3 Å². The number of methoxy groups -OCH3 is 1. The summed E-state index contributed by atoms with van der Waals surface area (Å²) in [6.07, 6.45) is 2.21. The second-order valence-electron chi connectivity index (χ2n) is 4.67. The molecule has 1 aromatic rings. The van der Waals surface area contributed by atoms with E-state index in [1.54, 1.807) is 13.0 Å². The van der Waals surface area contributed by atoms with Gasteiger partial charge in [0.1, 0.15) is 0 Å². The molecule has 1 aromatic heterocycles.